The lowest BCUT2D eigenvalue weighted by molar-refractivity contribution is -0.145. The Balaban J connectivity index is 2.05. The molecule has 0 radical (unpaired) electrons. The second kappa shape index (κ2) is 6.91. The number of anilines is 1. The number of nitrogens with zero attached hydrogens (tertiary/aromatic N) is 1. The number of hydrogen-bond donors (Lipinski definition) is 1. The number of esters is 1. The van der Waals surface area contributed by atoms with Gasteiger partial charge in [-0.15, -0.1) is 0 Å². The van der Waals surface area contributed by atoms with Crippen molar-refractivity contribution >= 4 is 39.4 Å². The summed E-state index contributed by atoms with van der Waals surface area (Å²) in [5.41, 5.74) is 0.746. The summed E-state index contributed by atoms with van der Waals surface area (Å²) in [5.74, 6) is -2.01. The fourth-order valence-electron chi connectivity index (χ4n) is 2.37. The Labute approximate surface area is 136 Å². The fraction of sp³-hybridized carbons (Fsp3) is 0.400. The van der Waals surface area contributed by atoms with Gasteiger partial charge in [0.2, 0.25) is 11.8 Å². The molecule has 1 fully saturated rings. The summed E-state index contributed by atoms with van der Waals surface area (Å²) in [4.78, 5) is 37.5. The molecule has 7 heteroatoms. The summed E-state index contributed by atoms with van der Waals surface area (Å²) in [7, 11) is 1.25. The molecule has 0 bridgehead atoms. The number of ether oxygens (including phenoxy) is 1. The van der Waals surface area contributed by atoms with Crippen LogP contribution >= 0.6 is 15.9 Å². The van der Waals surface area contributed by atoms with Crippen LogP contribution in [0.25, 0.3) is 0 Å². The lowest BCUT2D eigenvalue weighted by Crippen LogP contribution is -2.44. The molecule has 1 aromatic rings. The summed E-state index contributed by atoms with van der Waals surface area (Å²) in [6.07, 6.45) is 0.422. The molecule has 22 heavy (non-hydrogen) atoms. The molecular formula is C15H17BrN2O4. The van der Waals surface area contributed by atoms with Crippen molar-refractivity contribution in [3.05, 3.63) is 28.7 Å². The number of carbonyl (C=O) groups excluding carboxylic acids is 3. The van der Waals surface area contributed by atoms with Crippen LogP contribution in [0, 0.1) is 5.92 Å². The molecule has 1 aliphatic rings. The highest BCUT2D eigenvalue weighted by molar-refractivity contribution is 9.10. The molecule has 2 amide bonds. The lowest BCUT2D eigenvalue weighted by Gasteiger charge is -2.18. The summed E-state index contributed by atoms with van der Waals surface area (Å²) in [6.45, 7) is 2.00. The maximum absolute atomic E-state index is 12.4. The van der Waals surface area contributed by atoms with Crippen LogP contribution < -0.4 is 10.2 Å². The Morgan fingerprint density at radius 1 is 1.45 bits per heavy atom. The van der Waals surface area contributed by atoms with Crippen molar-refractivity contribution in [2.75, 3.05) is 18.6 Å². The van der Waals surface area contributed by atoms with E-state index in [1.54, 1.807) is 4.90 Å². The van der Waals surface area contributed by atoms with Crippen LogP contribution in [-0.4, -0.2) is 37.5 Å². The summed E-state index contributed by atoms with van der Waals surface area (Å²) >= 11 is 3.36. The number of rotatable bonds is 4. The van der Waals surface area contributed by atoms with Gasteiger partial charge < -0.3 is 15.0 Å². The van der Waals surface area contributed by atoms with Crippen LogP contribution in [0.3, 0.4) is 0 Å². The van der Waals surface area contributed by atoms with Gasteiger partial charge in [-0.25, -0.2) is 4.79 Å². The summed E-state index contributed by atoms with van der Waals surface area (Å²) < 4.78 is 5.42. The highest BCUT2D eigenvalue weighted by Crippen LogP contribution is 2.27. The van der Waals surface area contributed by atoms with Gasteiger partial charge in [0, 0.05) is 16.7 Å². The Morgan fingerprint density at radius 3 is 2.82 bits per heavy atom. The molecule has 2 atom stereocenters. The van der Waals surface area contributed by atoms with Gasteiger partial charge in [-0.1, -0.05) is 22.0 Å². The minimum absolute atomic E-state index is 0.257. The summed E-state index contributed by atoms with van der Waals surface area (Å²) in [6, 6.07) is 6.58. The van der Waals surface area contributed by atoms with E-state index in [4.69, 9.17) is 0 Å². The third kappa shape index (κ3) is 3.47. The van der Waals surface area contributed by atoms with Crippen molar-refractivity contribution in [3.8, 4) is 0 Å². The molecule has 1 saturated heterocycles. The van der Waals surface area contributed by atoms with E-state index in [2.05, 4.69) is 26.0 Å². The number of benzene rings is 1. The highest BCUT2D eigenvalue weighted by Gasteiger charge is 2.38. The van der Waals surface area contributed by atoms with Crippen LogP contribution in [0.4, 0.5) is 5.69 Å². The minimum atomic E-state index is -0.773. The van der Waals surface area contributed by atoms with E-state index in [1.807, 2.05) is 24.3 Å². The Hall–Kier alpha value is -1.89. The second-order valence-electron chi connectivity index (χ2n) is 5.06. The average Bonchev–Trinajstić information content (AvgIpc) is 2.88. The summed E-state index contributed by atoms with van der Waals surface area (Å²) in [5, 5.41) is 2.52. The standard InChI is InChI=1S/C15H17BrN2O4/c1-9(15(21)22-2)17-13(19)12-6-7-18(14(12)20)11-5-3-4-10(16)8-11/h3-5,8-9,12H,6-7H2,1-2H3,(H,17,19)/t9-,12?/m0/s1. The first-order valence-corrected chi connectivity index (χ1v) is 7.68. The molecule has 0 aliphatic carbocycles. The molecular weight excluding hydrogens is 352 g/mol. The quantitative estimate of drug-likeness (QED) is 0.645. The lowest BCUT2D eigenvalue weighted by atomic mass is 10.1. The van der Waals surface area contributed by atoms with Crippen LogP contribution in [0.5, 0.6) is 0 Å². The van der Waals surface area contributed by atoms with Gasteiger partial charge in [0.05, 0.1) is 7.11 Å². The molecule has 0 spiro atoms. The van der Waals surface area contributed by atoms with Gasteiger partial charge in [-0.3, -0.25) is 9.59 Å². The first kappa shape index (κ1) is 16.5. The van der Waals surface area contributed by atoms with Gasteiger partial charge in [-0.2, -0.15) is 0 Å². The topological polar surface area (TPSA) is 75.7 Å². The van der Waals surface area contributed by atoms with Gasteiger partial charge in [0.15, 0.2) is 0 Å². The number of halogens is 1. The number of methoxy groups -OCH3 is 1. The number of carbonyl (C=O) groups is 3. The molecule has 1 aromatic carbocycles. The molecule has 6 nitrogen and oxygen atoms in total. The smallest absolute Gasteiger partial charge is 0.328 e. The Bertz CT molecular complexity index is 605. The van der Waals surface area contributed by atoms with E-state index in [9.17, 15) is 14.4 Å². The maximum atomic E-state index is 12.4. The third-order valence-corrected chi connectivity index (χ3v) is 4.05. The van der Waals surface area contributed by atoms with Crippen molar-refractivity contribution in [1.82, 2.24) is 5.32 Å². The Morgan fingerprint density at radius 2 is 2.18 bits per heavy atom. The van der Waals surface area contributed by atoms with Gasteiger partial charge in [0.25, 0.3) is 0 Å². The number of nitrogens with one attached hydrogen (secondary N) is 1. The normalized spacial score (nSPS) is 19.0. The molecule has 0 aromatic heterocycles. The molecule has 1 N–H and O–H groups in total. The molecule has 118 valence electrons. The predicted octanol–water partition coefficient (Wildman–Crippen LogP) is 1.48. The molecule has 1 aliphatic heterocycles. The zero-order valence-electron chi connectivity index (χ0n) is 12.3. The van der Waals surface area contributed by atoms with E-state index < -0.39 is 23.8 Å². The van der Waals surface area contributed by atoms with E-state index in [0.29, 0.717) is 13.0 Å². The monoisotopic (exact) mass is 368 g/mol. The maximum Gasteiger partial charge on any atom is 0.328 e. The predicted molar refractivity (Wildman–Crippen MR) is 84.2 cm³/mol. The molecule has 1 unspecified atom stereocenters. The third-order valence-electron chi connectivity index (χ3n) is 3.56. The van der Waals surface area contributed by atoms with Crippen LogP contribution in [-0.2, 0) is 19.1 Å². The van der Waals surface area contributed by atoms with Gasteiger partial charge in [-0.05, 0) is 31.5 Å². The van der Waals surface area contributed by atoms with E-state index in [0.717, 1.165) is 10.2 Å². The van der Waals surface area contributed by atoms with Crippen LogP contribution in [0.1, 0.15) is 13.3 Å². The molecule has 1 heterocycles. The van der Waals surface area contributed by atoms with Crippen LogP contribution in [0.15, 0.2) is 28.7 Å². The van der Waals surface area contributed by atoms with Crippen LogP contribution in [0.2, 0.25) is 0 Å². The second-order valence-corrected chi connectivity index (χ2v) is 5.98. The van der Waals surface area contributed by atoms with E-state index in [-0.39, 0.29) is 5.91 Å². The van der Waals surface area contributed by atoms with E-state index >= 15 is 0 Å². The largest absolute Gasteiger partial charge is 0.467 e. The minimum Gasteiger partial charge on any atom is -0.467 e. The van der Waals surface area contributed by atoms with Gasteiger partial charge in [0.1, 0.15) is 12.0 Å². The van der Waals surface area contributed by atoms with Crippen molar-refractivity contribution < 1.29 is 19.1 Å². The number of hydrogen-bond acceptors (Lipinski definition) is 4. The van der Waals surface area contributed by atoms with Gasteiger partial charge >= 0.3 is 5.97 Å². The molecule has 0 saturated carbocycles. The fourth-order valence-corrected chi connectivity index (χ4v) is 2.76. The SMILES string of the molecule is COC(=O)[C@H](C)NC(=O)C1CCN(c2cccc(Br)c2)C1=O. The zero-order chi connectivity index (χ0) is 16.3. The van der Waals surface area contributed by atoms with E-state index in [1.165, 1.54) is 14.0 Å². The van der Waals surface area contributed by atoms with Crippen molar-refractivity contribution in [2.45, 2.75) is 19.4 Å². The first-order valence-electron chi connectivity index (χ1n) is 6.89. The van der Waals surface area contributed by atoms with Crippen molar-refractivity contribution in [2.24, 2.45) is 5.92 Å². The average molecular weight is 369 g/mol. The Kier molecular flexibility index (Phi) is 5.18. The zero-order valence-corrected chi connectivity index (χ0v) is 13.9. The highest BCUT2D eigenvalue weighted by atomic mass is 79.9. The molecule has 2 rings (SSSR count). The van der Waals surface area contributed by atoms with Crippen molar-refractivity contribution in [1.29, 1.82) is 0 Å². The first-order chi connectivity index (χ1) is 10.4. The van der Waals surface area contributed by atoms with Crippen molar-refractivity contribution in [3.63, 3.8) is 0 Å². The number of amides is 2.